The highest BCUT2D eigenvalue weighted by molar-refractivity contribution is 7.18. The van der Waals surface area contributed by atoms with Crippen molar-refractivity contribution in [3.63, 3.8) is 0 Å². The van der Waals surface area contributed by atoms with Crippen molar-refractivity contribution in [2.45, 2.75) is 25.8 Å². The molecule has 0 radical (unpaired) electrons. The van der Waals surface area contributed by atoms with Crippen molar-refractivity contribution < 1.29 is 19.1 Å². The van der Waals surface area contributed by atoms with Crippen molar-refractivity contribution in [3.8, 4) is 5.75 Å². The fourth-order valence-corrected chi connectivity index (χ4v) is 3.73. The molecule has 1 heterocycles. The maximum Gasteiger partial charge on any atom is 0.306 e. The van der Waals surface area contributed by atoms with Gasteiger partial charge in [0.15, 0.2) is 6.61 Å². The van der Waals surface area contributed by atoms with E-state index in [0.29, 0.717) is 25.1 Å². The zero-order valence-electron chi connectivity index (χ0n) is 15.6. The van der Waals surface area contributed by atoms with Crippen LogP contribution in [0.5, 0.6) is 5.75 Å². The highest BCUT2D eigenvalue weighted by atomic mass is 32.1. The summed E-state index contributed by atoms with van der Waals surface area (Å²) in [6.07, 6.45) is 1.62. The minimum Gasteiger partial charge on any atom is -0.496 e. The Kier molecular flexibility index (Phi) is 6.97. The quantitative estimate of drug-likeness (QED) is 0.558. The summed E-state index contributed by atoms with van der Waals surface area (Å²) in [4.78, 5) is 28.3. The Hall–Kier alpha value is -2.93. The van der Waals surface area contributed by atoms with Gasteiger partial charge in [-0.05, 0) is 31.0 Å². The number of amides is 1. The summed E-state index contributed by atoms with van der Waals surface area (Å²) in [6, 6.07) is 15.4. The lowest BCUT2D eigenvalue weighted by Crippen LogP contribution is -2.28. The summed E-state index contributed by atoms with van der Waals surface area (Å²) in [5.41, 5.74) is 1.84. The van der Waals surface area contributed by atoms with Crippen LogP contribution in [0.3, 0.4) is 0 Å². The van der Waals surface area contributed by atoms with Crippen LogP contribution in [0.15, 0.2) is 48.5 Å². The SMILES string of the molecule is COc1ccccc1CNC(=O)COC(=O)CCCc1nc2ccccc2s1. The van der Waals surface area contributed by atoms with Crippen LogP contribution in [0.1, 0.15) is 23.4 Å². The predicted molar refractivity (Wildman–Crippen MR) is 108 cm³/mol. The van der Waals surface area contributed by atoms with E-state index in [4.69, 9.17) is 9.47 Å². The van der Waals surface area contributed by atoms with E-state index in [1.54, 1.807) is 18.4 Å². The number of para-hydroxylation sites is 2. The van der Waals surface area contributed by atoms with Crippen molar-refractivity contribution in [2.75, 3.05) is 13.7 Å². The van der Waals surface area contributed by atoms with Crippen molar-refractivity contribution in [3.05, 3.63) is 59.1 Å². The number of carbonyl (C=O) groups excluding carboxylic acids is 2. The average molecular weight is 398 g/mol. The number of esters is 1. The molecule has 0 fully saturated rings. The molecule has 0 spiro atoms. The molecule has 0 aliphatic carbocycles. The second kappa shape index (κ2) is 9.85. The molecule has 7 heteroatoms. The number of aromatic nitrogens is 1. The van der Waals surface area contributed by atoms with E-state index >= 15 is 0 Å². The van der Waals surface area contributed by atoms with Crippen LogP contribution in [-0.4, -0.2) is 30.6 Å². The normalized spacial score (nSPS) is 10.6. The van der Waals surface area contributed by atoms with Crippen molar-refractivity contribution in [2.24, 2.45) is 0 Å². The molecule has 1 aromatic heterocycles. The Labute approximate surface area is 167 Å². The topological polar surface area (TPSA) is 77.5 Å². The van der Waals surface area contributed by atoms with Gasteiger partial charge in [-0.2, -0.15) is 0 Å². The number of rotatable bonds is 9. The number of methoxy groups -OCH3 is 1. The molecule has 0 unspecified atom stereocenters. The highest BCUT2D eigenvalue weighted by Gasteiger charge is 2.10. The smallest absolute Gasteiger partial charge is 0.306 e. The predicted octanol–water partition coefficient (Wildman–Crippen LogP) is 3.49. The summed E-state index contributed by atoms with van der Waals surface area (Å²) < 4.78 is 11.4. The van der Waals surface area contributed by atoms with E-state index in [2.05, 4.69) is 10.3 Å². The third kappa shape index (κ3) is 5.53. The average Bonchev–Trinajstić information content (AvgIpc) is 3.13. The molecule has 0 aliphatic rings. The zero-order valence-corrected chi connectivity index (χ0v) is 16.5. The van der Waals surface area contributed by atoms with Gasteiger partial charge in [-0.15, -0.1) is 11.3 Å². The first kappa shape index (κ1) is 19.8. The molecule has 0 atom stereocenters. The van der Waals surface area contributed by atoms with Gasteiger partial charge >= 0.3 is 5.97 Å². The molecule has 146 valence electrons. The molecule has 3 aromatic rings. The van der Waals surface area contributed by atoms with Gasteiger partial charge in [0, 0.05) is 18.5 Å². The Morgan fingerprint density at radius 2 is 1.89 bits per heavy atom. The minimum atomic E-state index is -0.381. The van der Waals surface area contributed by atoms with E-state index in [1.165, 1.54) is 0 Å². The van der Waals surface area contributed by atoms with Crippen molar-refractivity contribution in [1.29, 1.82) is 0 Å². The van der Waals surface area contributed by atoms with E-state index in [1.807, 2.05) is 48.5 Å². The summed E-state index contributed by atoms with van der Waals surface area (Å²) >= 11 is 1.64. The summed E-state index contributed by atoms with van der Waals surface area (Å²) in [5, 5.41) is 3.72. The van der Waals surface area contributed by atoms with Crippen LogP contribution in [0, 0.1) is 0 Å². The molecular formula is C21H22N2O4S. The number of ether oxygens (including phenoxy) is 2. The van der Waals surface area contributed by atoms with Gasteiger partial charge < -0.3 is 14.8 Å². The second-order valence-electron chi connectivity index (χ2n) is 6.18. The molecule has 6 nitrogen and oxygen atoms in total. The van der Waals surface area contributed by atoms with Crippen LogP contribution in [-0.2, 0) is 27.3 Å². The van der Waals surface area contributed by atoms with Gasteiger partial charge in [0.25, 0.3) is 5.91 Å². The van der Waals surface area contributed by atoms with E-state index < -0.39 is 0 Å². The second-order valence-corrected chi connectivity index (χ2v) is 7.29. The van der Waals surface area contributed by atoms with E-state index in [0.717, 1.165) is 20.8 Å². The summed E-state index contributed by atoms with van der Waals surface area (Å²) in [6.45, 7) is 0.0348. The fourth-order valence-electron chi connectivity index (χ4n) is 2.72. The van der Waals surface area contributed by atoms with E-state index in [9.17, 15) is 9.59 Å². The molecule has 0 saturated heterocycles. The molecule has 2 aromatic carbocycles. The standard InChI is InChI=1S/C21H22N2O4S/c1-26-17-9-4-2-7-15(17)13-22-19(24)14-27-21(25)12-6-11-20-23-16-8-3-5-10-18(16)28-20/h2-5,7-10H,6,11-14H2,1H3,(H,22,24). The lowest BCUT2D eigenvalue weighted by molar-refractivity contribution is -0.148. The molecule has 1 N–H and O–H groups in total. The molecular weight excluding hydrogens is 376 g/mol. The van der Waals surface area contributed by atoms with Gasteiger partial charge in [-0.1, -0.05) is 30.3 Å². The number of fused-ring (bicyclic) bond motifs is 1. The lowest BCUT2D eigenvalue weighted by Gasteiger charge is -2.09. The molecule has 28 heavy (non-hydrogen) atoms. The largest absolute Gasteiger partial charge is 0.496 e. The number of hydrogen-bond donors (Lipinski definition) is 1. The number of hydrogen-bond acceptors (Lipinski definition) is 6. The maximum absolute atomic E-state index is 11.9. The van der Waals surface area contributed by atoms with Crippen LogP contribution in [0.2, 0.25) is 0 Å². The number of benzene rings is 2. The summed E-state index contributed by atoms with van der Waals surface area (Å²) in [5.74, 6) is -0.0198. The first-order chi connectivity index (χ1) is 13.7. The van der Waals surface area contributed by atoms with Gasteiger partial charge in [-0.3, -0.25) is 9.59 Å². The Morgan fingerprint density at radius 3 is 2.71 bits per heavy atom. The third-order valence-electron chi connectivity index (χ3n) is 4.14. The van der Waals surface area contributed by atoms with Crippen LogP contribution < -0.4 is 10.1 Å². The maximum atomic E-state index is 11.9. The molecule has 0 saturated carbocycles. The molecule has 0 bridgehead atoms. The third-order valence-corrected chi connectivity index (χ3v) is 5.24. The number of thiazole rings is 1. The first-order valence-electron chi connectivity index (χ1n) is 9.04. The number of nitrogens with zero attached hydrogens (tertiary/aromatic N) is 1. The van der Waals surface area contributed by atoms with Crippen LogP contribution in [0.25, 0.3) is 10.2 Å². The van der Waals surface area contributed by atoms with E-state index in [-0.39, 0.29) is 24.9 Å². The lowest BCUT2D eigenvalue weighted by atomic mass is 10.2. The fraction of sp³-hybridized carbons (Fsp3) is 0.286. The number of aryl methyl sites for hydroxylation is 1. The Bertz CT molecular complexity index is 921. The molecule has 1 amide bonds. The zero-order chi connectivity index (χ0) is 19.8. The highest BCUT2D eigenvalue weighted by Crippen LogP contribution is 2.22. The van der Waals surface area contributed by atoms with Gasteiger partial charge in [0.2, 0.25) is 0 Å². The minimum absolute atomic E-state index is 0.260. The number of nitrogens with one attached hydrogen (secondary N) is 1. The molecule has 0 aliphatic heterocycles. The van der Waals surface area contributed by atoms with Gasteiger partial charge in [0.1, 0.15) is 5.75 Å². The van der Waals surface area contributed by atoms with Crippen LogP contribution >= 0.6 is 11.3 Å². The Balaban J connectivity index is 1.35. The van der Waals surface area contributed by atoms with Crippen molar-refractivity contribution in [1.82, 2.24) is 10.3 Å². The first-order valence-corrected chi connectivity index (χ1v) is 9.86. The van der Waals surface area contributed by atoms with Crippen LogP contribution in [0.4, 0.5) is 0 Å². The molecule has 3 rings (SSSR count). The summed E-state index contributed by atoms with van der Waals surface area (Å²) in [7, 11) is 1.58. The Morgan fingerprint density at radius 1 is 1.11 bits per heavy atom. The van der Waals surface area contributed by atoms with Gasteiger partial charge in [-0.25, -0.2) is 4.98 Å². The monoisotopic (exact) mass is 398 g/mol. The number of carbonyl (C=O) groups is 2. The van der Waals surface area contributed by atoms with Crippen molar-refractivity contribution >= 4 is 33.4 Å². The van der Waals surface area contributed by atoms with Gasteiger partial charge in [0.05, 0.1) is 22.3 Å².